The molecule has 8 nitrogen and oxygen atoms in total. The summed E-state index contributed by atoms with van der Waals surface area (Å²) in [6.45, 7) is 0.0809. The van der Waals surface area contributed by atoms with Crippen molar-refractivity contribution in [3.05, 3.63) is 0 Å². The number of rotatable bonds is 3. The van der Waals surface area contributed by atoms with Crippen LogP contribution >= 0.6 is 0 Å². The second-order valence-electron chi connectivity index (χ2n) is 5.04. The van der Waals surface area contributed by atoms with E-state index in [2.05, 4.69) is 0 Å². The van der Waals surface area contributed by atoms with Crippen LogP contribution in [0.1, 0.15) is 0 Å². The van der Waals surface area contributed by atoms with Crippen LogP contribution in [0.25, 0.3) is 0 Å². The molecule has 3 aliphatic heterocycles. The molecular formula is C11H18O8. The number of ether oxygens (including phenoxy) is 4. The lowest BCUT2D eigenvalue weighted by Gasteiger charge is -2.33. The number of hydrogen-bond donors (Lipinski definition) is 4. The van der Waals surface area contributed by atoms with Gasteiger partial charge in [0.2, 0.25) is 0 Å². The van der Waals surface area contributed by atoms with Gasteiger partial charge in [0, 0.05) is 0 Å². The fraction of sp³-hybridized carbons (Fsp3) is 1.00. The first-order chi connectivity index (χ1) is 9.11. The Hall–Kier alpha value is -0.320. The van der Waals surface area contributed by atoms with Gasteiger partial charge in [0.15, 0.2) is 6.29 Å². The van der Waals surface area contributed by atoms with Crippen molar-refractivity contribution in [2.45, 2.75) is 49.0 Å². The van der Waals surface area contributed by atoms with Gasteiger partial charge in [0.05, 0.1) is 19.8 Å². The van der Waals surface area contributed by atoms with Crippen molar-refractivity contribution in [3.63, 3.8) is 0 Å². The molecule has 2 bridgehead atoms. The summed E-state index contributed by atoms with van der Waals surface area (Å²) in [5.74, 6) is 0. The first-order valence-electron chi connectivity index (χ1n) is 6.31. The fourth-order valence-corrected chi connectivity index (χ4v) is 2.69. The van der Waals surface area contributed by atoms with E-state index in [1.54, 1.807) is 0 Å². The van der Waals surface area contributed by atoms with Crippen molar-refractivity contribution < 1.29 is 39.4 Å². The van der Waals surface area contributed by atoms with Gasteiger partial charge in [-0.1, -0.05) is 0 Å². The minimum atomic E-state index is -1.25. The van der Waals surface area contributed by atoms with E-state index in [1.165, 1.54) is 0 Å². The number of aliphatic hydroxyl groups is 4. The van der Waals surface area contributed by atoms with E-state index >= 15 is 0 Å². The molecule has 110 valence electrons. The SMILES string of the molecule is OC[C@H]1O[C@H](O[C@@H]2[C@@H]3OC[C@H]2OC[C@@H]3O)[C@@H](O)[C@@H]1O. The van der Waals surface area contributed by atoms with Crippen molar-refractivity contribution in [2.75, 3.05) is 19.8 Å². The molecule has 0 aromatic carbocycles. The van der Waals surface area contributed by atoms with Crippen LogP contribution in [0.15, 0.2) is 0 Å². The van der Waals surface area contributed by atoms with Crippen LogP contribution < -0.4 is 0 Å². The van der Waals surface area contributed by atoms with Crippen LogP contribution in [0.5, 0.6) is 0 Å². The minimum Gasteiger partial charge on any atom is -0.394 e. The summed E-state index contributed by atoms with van der Waals surface area (Å²) in [6.07, 6.45) is -6.62. The molecule has 0 saturated carbocycles. The number of fused-ring (bicyclic) bond motifs is 2. The topological polar surface area (TPSA) is 118 Å². The van der Waals surface area contributed by atoms with E-state index in [9.17, 15) is 15.3 Å². The molecule has 19 heavy (non-hydrogen) atoms. The van der Waals surface area contributed by atoms with Crippen molar-refractivity contribution in [1.82, 2.24) is 0 Å². The minimum absolute atomic E-state index is 0.186. The van der Waals surface area contributed by atoms with Gasteiger partial charge < -0.3 is 39.4 Å². The fourth-order valence-electron chi connectivity index (χ4n) is 2.69. The molecule has 0 spiro atoms. The predicted octanol–water partition coefficient (Wildman–Crippen LogP) is -3.03. The molecule has 3 aliphatic rings. The maximum Gasteiger partial charge on any atom is 0.187 e. The van der Waals surface area contributed by atoms with Crippen LogP contribution in [-0.4, -0.2) is 89.3 Å². The Morgan fingerprint density at radius 3 is 2.53 bits per heavy atom. The highest BCUT2D eigenvalue weighted by Crippen LogP contribution is 2.32. The lowest BCUT2D eigenvalue weighted by Crippen LogP contribution is -2.51. The molecule has 0 aromatic heterocycles. The van der Waals surface area contributed by atoms with Crippen molar-refractivity contribution >= 4 is 0 Å². The molecule has 8 heteroatoms. The van der Waals surface area contributed by atoms with Crippen LogP contribution in [-0.2, 0) is 18.9 Å². The quantitative estimate of drug-likeness (QED) is 0.430. The summed E-state index contributed by atoms with van der Waals surface area (Å²) in [5, 5.41) is 38.2. The molecule has 3 fully saturated rings. The third-order valence-electron chi connectivity index (χ3n) is 3.79. The first-order valence-corrected chi connectivity index (χ1v) is 6.31. The molecule has 4 N–H and O–H groups in total. The van der Waals surface area contributed by atoms with E-state index in [0.717, 1.165) is 0 Å². The number of hydrogen-bond acceptors (Lipinski definition) is 8. The second-order valence-corrected chi connectivity index (χ2v) is 5.04. The highest BCUT2D eigenvalue weighted by Gasteiger charge is 2.51. The third-order valence-corrected chi connectivity index (χ3v) is 3.79. The zero-order valence-corrected chi connectivity index (χ0v) is 10.2. The zero-order chi connectivity index (χ0) is 13.6. The molecule has 0 unspecified atom stereocenters. The largest absolute Gasteiger partial charge is 0.394 e. The van der Waals surface area contributed by atoms with E-state index in [1.807, 2.05) is 0 Å². The van der Waals surface area contributed by atoms with Crippen LogP contribution in [0.4, 0.5) is 0 Å². The van der Waals surface area contributed by atoms with Gasteiger partial charge in [-0.15, -0.1) is 0 Å². The Morgan fingerprint density at radius 1 is 1.05 bits per heavy atom. The Kier molecular flexibility index (Phi) is 3.76. The van der Waals surface area contributed by atoms with Crippen molar-refractivity contribution in [1.29, 1.82) is 0 Å². The Balaban J connectivity index is 1.66. The summed E-state index contributed by atoms with van der Waals surface area (Å²) >= 11 is 0. The zero-order valence-electron chi connectivity index (χ0n) is 10.2. The molecule has 0 aromatic rings. The standard InChI is InChI=1S/C11H18O8/c12-1-5-7(14)8(15)11(18-5)19-10-6-3-17-9(10)4(13)2-16-6/h4-15H,1-3H2/t4-,5+,6+,7+,8-,9+,10-,11+/m0/s1. The molecule has 3 saturated heterocycles. The lowest BCUT2D eigenvalue weighted by atomic mass is 10.0. The Morgan fingerprint density at radius 2 is 1.84 bits per heavy atom. The molecular weight excluding hydrogens is 260 g/mol. The molecule has 8 atom stereocenters. The summed E-state index contributed by atoms with van der Waals surface area (Å²) < 4.78 is 21.6. The Labute approximate surface area is 109 Å². The van der Waals surface area contributed by atoms with Crippen LogP contribution in [0.2, 0.25) is 0 Å². The lowest BCUT2D eigenvalue weighted by molar-refractivity contribution is -0.239. The van der Waals surface area contributed by atoms with Gasteiger partial charge in [-0.05, 0) is 0 Å². The average Bonchev–Trinajstić information content (AvgIpc) is 2.85. The smallest absolute Gasteiger partial charge is 0.187 e. The maximum absolute atomic E-state index is 9.79. The van der Waals surface area contributed by atoms with Gasteiger partial charge in [0.25, 0.3) is 0 Å². The average molecular weight is 278 g/mol. The number of aliphatic hydroxyl groups excluding tert-OH is 4. The van der Waals surface area contributed by atoms with Gasteiger partial charge >= 0.3 is 0 Å². The third kappa shape index (κ3) is 2.28. The Bertz CT molecular complexity index is 326. The second kappa shape index (κ2) is 5.23. The summed E-state index contributed by atoms with van der Waals surface area (Å²) in [5.41, 5.74) is 0. The van der Waals surface area contributed by atoms with Crippen LogP contribution in [0, 0.1) is 0 Å². The van der Waals surface area contributed by atoms with E-state index < -0.39 is 49.5 Å². The highest BCUT2D eigenvalue weighted by atomic mass is 16.7. The molecule has 3 rings (SSSR count). The van der Waals surface area contributed by atoms with Crippen LogP contribution in [0.3, 0.4) is 0 Å². The maximum atomic E-state index is 9.79. The summed E-state index contributed by atoms with van der Waals surface area (Å²) in [6, 6.07) is 0. The predicted molar refractivity (Wildman–Crippen MR) is 58.1 cm³/mol. The van der Waals surface area contributed by atoms with E-state index in [0.29, 0.717) is 6.61 Å². The van der Waals surface area contributed by atoms with E-state index in [4.69, 9.17) is 24.1 Å². The highest BCUT2D eigenvalue weighted by molar-refractivity contribution is 4.96. The van der Waals surface area contributed by atoms with Gasteiger partial charge in [-0.2, -0.15) is 0 Å². The van der Waals surface area contributed by atoms with Crippen molar-refractivity contribution in [2.24, 2.45) is 0 Å². The monoisotopic (exact) mass is 278 g/mol. The van der Waals surface area contributed by atoms with Crippen molar-refractivity contribution in [3.8, 4) is 0 Å². The summed E-state index contributed by atoms with van der Waals surface area (Å²) in [4.78, 5) is 0. The van der Waals surface area contributed by atoms with Gasteiger partial charge in [-0.3, -0.25) is 0 Å². The molecule has 3 heterocycles. The molecule has 0 amide bonds. The summed E-state index contributed by atoms with van der Waals surface area (Å²) in [7, 11) is 0. The normalized spacial score (nSPS) is 53.7. The first kappa shape index (κ1) is 13.7. The van der Waals surface area contributed by atoms with Gasteiger partial charge in [0.1, 0.15) is 42.7 Å². The van der Waals surface area contributed by atoms with E-state index in [-0.39, 0.29) is 12.7 Å². The molecule has 0 aliphatic carbocycles. The van der Waals surface area contributed by atoms with Gasteiger partial charge in [-0.25, -0.2) is 0 Å². The molecule has 0 radical (unpaired) electrons.